The molecule has 7 heteroatoms. The van der Waals surface area contributed by atoms with Crippen molar-refractivity contribution in [1.82, 2.24) is 10.9 Å². The first-order valence-electron chi connectivity index (χ1n) is 2.33. The van der Waals surface area contributed by atoms with Crippen molar-refractivity contribution in [2.75, 3.05) is 6.54 Å². The van der Waals surface area contributed by atoms with Crippen molar-refractivity contribution in [1.29, 1.82) is 0 Å². The van der Waals surface area contributed by atoms with Gasteiger partial charge in [-0.1, -0.05) is 6.08 Å². The van der Waals surface area contributed by atoms with E-state index in [9.17, 15) is 0 Å². The zero-order chi connectivity index (χ0) is 8.04. The molecule has 0 spiro atoms. The predicted octanol–water partition coefficient (Wildman–Crippen LogP) is -1.04. The number of hydrogen-bond donors (Lipinski definition) is 4. The Labute approximate surface area is 58.5 Å². The molecule has 0 fully saturated rings. The third-order valence-corrected chi connectivity index (χ3v) is 0.523. The fourth-order valence-electron chi connectivity index (χ4n) is 0.295. The van der Waals surface area contributed by atoms with Crippen LogP contribution in [0.1, 0.15) is 0 Å². The van der Waals surface area contributed by atoms with Crippen LogP contribution in [-0.4, -0.2) is 24.1 Å². The monoisotopic (exact) mass is 168 g/mol. The average Bonchev–Trinajstić information content (AvgIpc) is 2.07. The maximum atomic E-state index is 8.74. The smallest absolute Gasteiger partial charge is 0.329 e. The van der Waals surface area contributed by atoms with Crippen LogP contribution in [0.3, 0.4) is 0 Å². The molecule has 0 radical (unpaired) electrons. The molecule has 10 heavy (non-hydrogen) atoms. The molecule has 60 valence electrons. The minimum atomic E-state index is -4.67. The summed E-state index contributed by atoms with van der Waals surface area (Å²) in [5, 5.41) is 0. The minimum Gasteiger partial charge on any atom is -0.329 e. The van der Waals surface area contributed by atoms with E-state index in [1.54, 1.807) is 0 Å². The van der Waals surface area contributed by atoms with E-state index in [4.69, 9.17) is 17.5 Å². The van der Waals surface area contributed by atoms with Crippen LogP contribution in [0.25, 0.3) is 0 Å². The number of hydrogen-bond acceptors (Lipinski definition) is 4. The van der Waals surface area contributed by atoms with Crippen molar-refractivity contribution in [2.24, 2.45) is 0 Å². The van der Waals surface area contributed by atoms with Crippen molar-refractivity contribution < 1.29 is 17.5 Å². The molecule has 0 aromatic carbocycles. The third kappa shape index (κ3) is 15.7. The van der Waals surface area contributed by atoms with Gasteiger partial charge >= 0.3 is 10.4 Å². The standard InChI is InChI=1S/C3H6N2.H2O4S/c1-2-4-5-3-1;1-5(2,3)4/h1-2,4-5H,3H2;(H2,1,2,3,4). The first-order chi connectivity index (χ1) is 4.50. The van der Waals surface area contributed by atoms with E-state index >= 15 is 0 Å². The van der Waals surface area contributed by atoms with Crippen LogP contribution < -0.4 is 10.9 Å². The van der Waals surface area contributed by atoms with Gasteiger partial charge in [-0.25, -0.2) is 5.43 Å². The summed E-state index contributed by atoms with van der Waals surface area (Å²) >= 11 is 0. The number of rotatable bonds is 0. The van der Waals surface area contributed by atoms with Crippen LogP contribution >= 0.6 is 0 Å². The van der Waals surface area contributed by atoms with Gasteiger partial charge in [-0.05, 0) is 0 Å². The summed E-state index contributed by atoms with van der Waals surface area (Å²) in [5.41, 5.74) is 5.65. The zero-order valence-electron chi connectivity index (χ0n) is 4.98. The molecule has 1 rings (SSSR count). The van der Waals surface area contributed by atoms with E-state index in [0.29, 0.717) is 0 Å². The Hall–Kier alpha value is -0.630. The van der Waals surface area contributed by atoms with Gasteiger partial charge in [0.25, 0.3) is 0 Å². The lowest BCUT2D eigenvalue weighted by molar-refractivity contribution is 0.381. The van der Waals surface area contributed by atoms with Crippen LogP contribution in [0, 0.1) is 0 Å². The lowest BCUT2D eigenvalue weighted by Gasteiger charge is -1.83. The summed E-state index contributed by atoms with van der Waals surface area (Å²) < 4.78 is 31.6. The van der Waals surface area contributed by atoms with Crippen molar-refractivity contribution in [3.8, 4) is 0 Å². The number of nitrogens with one attached hydrogen (secondary N) is 2. The highest BCUT2D eigenvalue weighted by Gasteiger charge is 1.84. The molecule has 0 aromatic rings. The van der Waals surface area contributed by atoms with Crippen molar-refractivity contribution >= 4 is 10.4 Å². The van der Waals surface area contributed by atoms with Gasteiger partial charge in [0.2, 0.25) is 0 Å². The summed E-state index contributed by atoms with van der Waals surface area (Å²) in [6.45, 7) is 0.958. The van der Waals surface area contributed by atoms with Crippen LogP contribution in [0.2, 0.25) is 0 Å². The van der Waals surface area contributed by atoms with Gasteiger partial charge in [-0.2, -0.15) is 8.42 Å². The second-order valence-electron chi connectivity index (χ2n) is 1.38. The van der Waals surface area contributed by atoms with Crippen molar-refractivity contribution in [2.45, 2.75) is 0 Å². The van der Waals surface area contributed by atoms with E-state index in [1.807, 2.05) is 12.3 Å². The van der Waals surface area contributed by atoms with Crippen LogP contribution in [-0.2, 0) is 10.4 Å². The summed E-state index contributed by atoms with van der Waals surface area (Å²) in [6.07, 6.45) is 3.89. The van der Waals surface area contributed by atoms with Gasteiger partial charge in [-0.3, -0.25) is 9.11 Å². The molecule has 0 amide bonds. The van der Waals surface area contributed by atoms with Gasteiger partial charge in [0, 0.05) is 12.7 Å². The molecule has 0 aliphatic carbocycles. The summed E-state index contributed by atoms with van der Waals surface area (Å²) in [7, 11) is -4.67. The topological polar surface area (TPSA) is 98.7 Å². The van der Waals surface area contributed by atoms with Crippen LogP contribution in [0.15, 0.2) is 12.3 Å². The maximum Gasteiger partial charge on any atom is 0.394 e. The second-order valence-corrected chi connectivity index (χ2v) is 2.27. The molecule has 0 saturated carbocycles. The lowest BCUT2D eigenvalue weighted by atomic mass is 10.7. The molecule has 4 N–H and O–H groups in total. The first-order valence-corrected chi connectivity index (χ1v) is 3.73. The maximum absolute atomic E-state index is 8.74. The Morgan fingerprint density at radius 3 is 2.00 bits per heavy atom. The van der Waals surface area contributed by atoms with Gasteiger partial charge in [0.15, 0.2) is 0 Å². The number of hydrazine groups is 1. The Morgan fingerprint density at radius 2 is 1.90 bits per heavy atom. The Bertz CT molecular complexity index is 183. The Kier molecular flexibility index (Phi) is 3.96. The highest BCUT2D eigenvalue weighted by molar-refractivity contribution is 7.79. The SMILES string of the molecule is C1=CNNC1.O=S(=O)(O)O. The predicted molar refractivity (Wildman–Crippen MR) is 34.5 cm³/mol. The molecule has 1 aliphatic heterocycles. The third-order valence-electron chi connectivity index (χ3n) is 0.523. The van der Waals surface area contributed by atoms with E-state index in [0.717, 1.165) is 6.54 Å². The molecule has 0 atom stereocenters. The quantitative estimate of drug-likeness (QED) is 0.345. The fraction of sp³-hybridized carbons (Fsp3) is 0.333. The van der Waals surface area contributed by atoms with Gasteiger partial charge in [0.1, 0.15) is 0 Å². The molecule has 6 nitrogen and oxygen atoms in total. The highest BCUT2D eigenvalue weighted by atomic mass is 32.3. The molecular weight excluding hydrogens is 160 g/mol. The van der Waals surface area contributed by atoms with Crippen molar-refractivity contribution in [3.05, 3.63) is 12.3 Å². The largest absolute Gasteiger partial charge is 0.394 e. The minimum absolute atomic E-state index is 0.958. The summed E-state index contributed by atoms with van der Waals surface area (Å²) in [5.74, 6) is 0. The molecule has 1 aliphatic rings. The Morgan fingerprint density at radius 1 is 1.40 bits per heavy atom. The molecule has 0 aromatic heterocycles. The van der Waals surface area contributed by atoms with E-state index in [-0.39, 0.29) is 0 Å². The van der Waals surface area contributed by atoms with Gasteiger partial charge in [0.05, 0.1) is 0 Å². The Balaban J connectivity index is 0.000000162. The molecule has 1 heterocycles. The fourth-order valence-corrected chi connectivity index (χ4v) is 0.295. The highest BCUT2D eigenvalue weighted by Crippen LogP contribution is 1.67. The molecule has 0 unspecified atom stereocenters. The van der Waals surface area contributed by atoms with Crippen LogP contribution in [0.4, 0.5) is 0 Å². The molecule has 0 bridgehead atoms. The lowest BCUT2D eigenvalue weighted by Crippen LogP contribution is -2.19. The van der Waals surface area contributed by atoms with Gasteiger partial charge < -0.3 is 5.43 Å². The van der Waals surface area contributed by atoms with E-state index in [1.165, 1.54) is 0 Å². The molecular formula is C3H8N2O4S. The normalized spacial score (nSPS) is 15.4. The molecule has 0 saturated heterocycles. The van der Waals surface area contributed by atoms with Gasteiger partial charge in [-0.15, -0.1) is 0 Å². The van der Waals surface area contributed by atoms with Crippen molar-refractivity contribution in [3.63, 3.8) is 0 Å². The first kappa shape index (κ1) is 9.37. The van der Waals surface area contributed by atoms with E-state index in [2.05, 4.69) is 10.9 Å². The second kappa shape index (κ2) is 4.23. The van der Waals surface area contributed by atoms with Crippen LogP contribution in [0.5, 0.6) is 0 Å². The summed E-state index contributed by atoms with van der Waals surface area (Å²) in [6, 6.07) is 0. The summed E-state index contributed by atoms with van der Waals surface area (Å²) in [4.78, 5) is 0. The zero-order valence-corrected chi connectivity index (χ0v) is 5.80. The van der Waals surface area contributed by atoms with E-state index < -0.39 is 10.4 Å². The average molecular weight is 168 g/mol.